The minimum atomic E-state index is -1.07. The highest BCUT2D eigenvalue weighted by Crippen LogP contribution is 2.15. The van der Waals surface area contributed by atoms with Gasteiger partial charge in [-0.25, -0.2) is 9.78 Å². The number of amides is 1. The molecule has 7 heteroatoms. The Morgan fingerprint density at radius 2 is 2.19 bits per heavy atom. The Morgan fingerprint density at radius 3 is 2.81 bits per heavy atom. The fourth-order valence-corrected chi connectivity index (χ4v) is 2.34. The van der Waals surface area contributed by atoms with E-state index >= 15 is 0 Å². The van der Waals surface area contributed by atoms with Crippen LogP contribution in [0.4, 0.5) is 0 Å². The Bertz CT molecular complexity index is 682. The zero-order valence-electron chi connectivity index (χ0n) is 11.3. The first kappa shape index (κ1) is 15.2. The molecule has 0 aliphatic heterocycles. The van der Waals surface area contributed by atoms with Gasteiger partial charge in [0.1, 0.15) is 0 Å². The summed E-state index contributed by atoms with van der Waals surface area (Å²) in [4.78, 5) is 26.5. The molecule has 0 aliphatic carbocycles. The molecule has 21 heavy (non-hydrogen) atoms. The van der Waals surface area contributed by atoms with Gasteiger partial charge in [0.25, 0.3) is 5.91 Å². The molecule has 0 saturated heterocycles. The molecule has 2 rings (SSSR count). The molecule has 0 aliphatic rings. The molecule has 0 unspecified atom stereocenters. The third-order valence-corrected chi connectivity index (χ3v) is 3.43. The largest absolute Gasteiger partial charge is 0.476 e. The Hall–Kier alpha value is -2.15. The molecule has 0 fully saturated rings. The predicted molar refractivity (Wildman–Crippen MR) is 80.4 cm³/mol. The number of benzene rings is 1. The van der Waals surface area contributed by atoms with Crippen LogP contribution >= 0.6 is 15.9 Å². The van der Waals surface area contributed by atoms with Gasteiger partial charge in [-0.2, -0.15) is 0 Å². The second-order valence-electron chi connectivity index (χ2n) is 4.52. The lowest BCUT2D eigenvalue weighted by molar-refractivity contribution is 0.0690. The SMILES string of the molecule is Cc1cc(Br)ccc1C(=O)NCCn1cnc(C(=O)O)c1. The molecule has 6 nitrogen and oxygen atoms in total. The third kappa shape index (κ3) is 3.91. The highest BCUT2D eigenvalue weighted by atomic mass is 79.9. The lowest BCUT2D eigenvalue weighted by Gasteiger charge is -2.08. The van der Waals surface area contributed by atoms with Crippen molar-refractivity contribution in [2.24, 2.45) is 0 Å². The number of carboxylic acid groups (broad SMARTS) is 1. The van der Waals surface area contributed by atoms with Gasteiger partial charge in [-0.1, -0.05) is 15.9 Å². The van der Waals surface area contributed by atoms with E-state index in [4.69, 9.17) is 5.11 Å². The maximum absolute atomic E-state index is 12.0. The van der Waals surface area contributed by atoms with Crippen LogP contribution in [-0.2, 0) is 6.54 Å². The van der Waals surface area contributed by atoms with Crippen molar-refractivity contribution in [3.05, 3.63) is 52.0 Å². The average molecular weight is 352 g/mol. The molecule has 1 heterocycles. The van der Waals surface area contributed by atoms with Gasteiger partial charge in [-0.05, 0) is 30.7 Å². The van der Waals surface area contributed by atoms with Crippen LogP contribution in [0.15, 0.2) is 35.2 Å². The Morgan fingerprint density at radius 1 is 1.43 bits per heavy atom. The first-order chi connectivity index (χ1) is 9.97. The zero-order chi connectivity index (χ0) is 15.4. The number of aromatic carboxylic acids is 1. The van der Waals surface area contributed by atoms with Crippen molar-refractivity contribution in [1.82, 2.24) is 14.9 Å². The smallest absolute Gasteiger partial charge is 0.356 e. The first-order valence-electron chi connectivity index (χ1n) is 6.27. The highest BCUT2D eigenvalue weighted by Gasteiger charge is 2.09. The lowest BCUT2D eigenvalue weighted by Crippen LogP contribution is -2.27. The van der Waals surface area contributed by atoms with E-state index in [-0.39, 0.29) is 11.6 Å². The van der Waals surface area contributed by atoms with E-state index in [2.05, 4.69) is 26.2 Å². The second kappa shape index (κ2) is 6.53. The highest BCUT2D eigenvalue weighted by molar-refractivity contribution is 9.10. The number of hydrogen-bond donors (Lipinski definition) is 2. The summed E-state index contributed by atoms with van der Waals surface area (Å²) in [6, 6.07) is 5.45. The normalized spacial score (nSPS) is 10.4. The van der Waals surface area contributed by atoms with Crippen molar-refractivity contribution in [1.29, 1.82) is 0 Å². The van der Waals surface area contributed by atoms with E-state index in [1.54, 1.807) is 10.6 Å². The van der Waals surface area contributed by atoms with Crippen LogP contribution in [0.1, 0.15) is 26.4 Å². The number of carbonyl (C=O) groups excluding carboxylic acids is 1. The molecule has 110 valence electrons. The maximum atomic E-state index is 12.0. The molecule has 1 aromatic carbocycles. The minimum Gasteiger partial charge on any atom is -0.476 e. The third-order valence-electron chi connectivity index (χ3n) is 2.94. The van der Waals surface area contributed by atoms with Crippen molar-refractivity contribution in [3.8, 4) is 0 Å². The maximum Gasteiger partial charge on any atom is 0.356 e. The van der Waals surface area contributed by atoms with Gasteiger partial charge in [-0.3, -0.25) is 4.79 Å². The molecular weight excluding hydrogens is 338 g/mol. The predicted octanol–water partition coefficient (Wildman–Crippen LogP) is 2.08. The fourth-order valence-electron chi connectivity index (χ4n) is 1.87. The van der Waals surface area contributed by atoms with Gasteiger partial charge in [-0.15, -0.1) is 0 Å². The van der Waals surface area contributed by atoms with Gasteiger partial charge >= 0.3 is 5.97 Å². The van der Waals surface area contributed by atoms with E-state index in [1.807, 2.05) is 19.1 Å². The Kier molecular flexibility index (Phi) is 4.74. The summed E-state index contributed by atoms with van der Waals surface area (Å²) in [5.74, 6) is -1.22. The Balaban J connectivity index is 1.90. The molecule has 2 aromatic rings. The number of hydrogen-bond acceptors (Lipinski definition) is 3. The monoisotopic (exact) mass is 351 g/mol. The Labute approximate surface area is 129 Å². The molecule has 0 spiro atoms. The van der Waals surface area contributed by atoms with Crippen molar-refractivity contribution >= 4 is 27.8 Å². The van der Waals surface area contributed by atoms with Crippen molar-refractivity contribution in [2.45, 2.75) is 13.5 Å². The second-order valence-corrected chi connectivity index (χ2v) is 5.43. The van der Waals surface area contributed by atoms with Crippen LogP contribution in [0.2, 0.25) is 0 Å². The standard InChI is InChI=1S/C14H14BrN3O3/c1-9-6-10(15)2-3-11(9)13(19)16-4-5-18-7-12(14(20)21)17-8-18/h2-3,6-8H,4-5H2,1H3,(H,16,19)(H,20,21). The van der Waals surface area contributed by atoms with Crippen LogP contribution in [0.3, 0.4) is 0 Å². The number of carbonyl (C=O) groups is 2. The van der Waals surface area contributed by atoms with E-state index < -0.39 is 5.97 Å². The van der Waals surface area contributed by atoms with Gasteiger partial charge in [0.2, 0.25) is 0 Å². The molecule has 0 saturated carbocycles. The number of carboxylic acids is 1. The quantitative estimate of drug-likeness (QED) is 0.863. The van der Waals surface area contributed by atoms with Gasteiger partial charge in [0.05, 0.1) is 6.33 Å². The molecule has 0 bridgehead atoms. The summed E-state index contributed by atoms with van der Waals surface area (Å²) in [6.07, 6.45) is 2.86. The van der Waals surface area contributed by atoms with Crippen molar-refractivity contribution in [3.63, 3.8) is 0 Å². The fraction of sp³-hybridized carbons (Fsp3) is 0.214. The molecule has 0 atom stereocenters. The van der Waals surface area contributed by atoms with E-state index in [9.17, 15) is 9.59 Å². The van der Waals surface area contributed by atoms with Gasteiger partial charge in [0, 0.05) is 29.3 Å². The number of aromatic nitrogens is 2. The summed E-state index contributed by atoms with van der Waals surface area (Å²) in [5.41, 5.74) is 1.50. The van der Waals surface area contributed by atoms with Crippen molar-refractivity contribution in [2.75, 3.05) is 6.54 Å². The van der Waals surface area contributed by atoms with E-state index in [1.165, 1.54) is 12.5 Å². The van der Waals surface area contributed by atoms with Crippen LogP contribution in [0.25, 0.3) is 0 Å². The number of halogens is 1. The van der Waals surface area contributed by atoms with Gasteiger partial charge in [0.15, 0.2) is 5.69 Å². The molecular formula is C14H14BrN3O3. The molecule has 1 aromatic heterocycles. The minimum absolute atomic E-state index is 0.00918. The summed E-state index contributed by atoms with van der Waals surface area (Å²) >= 11 is 3.35. The number of aryl methyl sites for hydroxylation is 1. The topological polar surface area (TPSA) is 84.2 Å². The molecule has 1 amide bonds. The van der Waals surface area contributed by atoms with E-state index in [0.29, 0.717) is 18.7 Å². The number of rotatable bonds is 5. The molecule has 2 N–H and O–H groups in total. The van der Waals surface area contributed by atoms with Crippen LogP contribution in [0.5, 0.6) is 0 Å². The van der Waals surface area contributed by atoms with Crippen LogP contribution < -0.4 is 5.32 Å². The summed E-state index contributed by atoms with van der Waals surface area (Å²) in [7, 11) is 0. The summed E-state index contributed by atoms with van der Waals surface area (Å²) in [6.45, 7) is 2.72. The first-order valence-corrected chi connectivity index (χ1v) is 7.06. The molecule has 0 radical (unpaired) electrons. The van der Waals surface area contributed by atoms with Gasteiger partial charge < -0.3 is 15.0 Å². The number of imidazole rings is 1. The van der Waals surface area contributed by atoms with Crippen molar-refractivity contribution < 1.29 is 14.7 Å². The summed E-state index contributed by atoms with van der Waals surface area (Å²) < 4.78 is 2.55. The average Bonchev–Trinajstić information content (AvgIpc) is 2.87. The zero-order valence-corrected chi connectivity index (χ0v) is 12.9. The number of nitrogens with zero attached hydrogens (tertiary/aromatic N) is 2. The summed E-state index contributed by atoms with van der Waals surface area (Å²) in [5, 5.41) is 11.6. The number of nitrogens with one attached hydrogen (secondary N) is 1. The van der Waals surface area contributed by atoms with E-state index in [0.717, 1.165) is 10.0 Å². The van der Waals surface area contributed by atoms with Crippen LogP contribution in [0, 0.1) is 6.92 Å². The lowest BCUT2D eigenvalue weighted by atomic mass is 10.1. The van der Waals surface area contributed by atoms with Crippen LogP contribution in [-0.4, -0.2) is 33.1 Å².